The van der Waals surface area contributed by atoms with Gasteiger partial charge in [-0.2, -0.15) is 5.26 Å². The standard InChI is InChI=1S/C18H25N5O/c1-13-11-14(2)20-17(15(13)12-19)22-7-9-23(10-8-22)18(24)16-5-4-6-21(16)3/h11,16H,4-10H2,1-3H3/t16-/m0/s1. The number of aromatic nitrogens is 1. The number of anilines is 1. The van der Waals surface area contributed by atoms with Crippen molar-refractivity contribution in [3.8, 4) is 6.07 Å². The third-order valence-corrected chi connectivity index (χ3v) is 5.13. The molecule has 0 spiro atoms. The maximum absolute atomic E-state index is 12.7. The van der Waals surface area contributed by atoms with Gasteiger partial charge in [0.1, 0.15) is 11.9 Å². The van der Waals surface area contributed by atoms with E-state index in [4.69, 9.17) is 0 Å². The molecular weight excluding hydrogens is 302 g/mol. The Kier molecular flexibility index (Phi) is 4.72. The molecule has 1 atom stereocenters. The van der Waals surface area contributed by atoms with Crippen LogP contribution in [0.15, 0.2) is 6.07 Å². The number of likely N-dealkylation sites (N-methyl/N-ethyl adjacent to an activating group) is 1. The lowest BCUT2D eigenvalue weighted by molar-refractivity contribution is -0.135. The van der Waals surface area contributed by atoms with E-state index in [2.05, 4.69) is 20.9 Å². The Labute approximate surface area is 143 Å². The summed E-state index contributed by atoms with van der Waals surface area (Å²) < 4.78 is 0. The van der Waals surface area contributed by atoms with Gasteiger partial charge in [0.2, 0.25) is 5.91 Å². The molecule has 0 unspecified atom stereocenters. The summed E-state index contributed by atoms with van der Waals surface area (Å²) in [6.45, 7) is 7.76. The lowest BCUT2D eigenvalue weighted by atomic mass is 10.1. The van der Waals surface area contributed by atoms with Gasteiger partial charge in [0, 0.05) is 31.9 Å². The van der Waals surface area contributed by atoms with Crippen molar-refractivity contribution < 1.29 is 4.79 Å². The highest BCUT2D eigenvalue weighted by molar-refractivity contribution is 5.82. The Morgan fingerprint density at radius 3 is 2.54 bits per heavy atom. The molecule has 0 aromatic carbocycles. The van der Waals surface area contributed by atoms with E-state index in [1.165, 1.54) is 0 Å². The molecule has 2 aliphatic rings. The van der Waals surface area contributed by atoms with Crippen LogP contribution >= 0.6 is 0 Å². The molecule has 0 N–H and O–H groups in total. The van der Waals surface area contributed by atoms with Crippen molar-refractivity contribution in [3.05, 3.63) is 22.9 Å². The van der Waals surface area contributed by atoms with Crippen LogP contribution in [-0.2, 0) is 4.79 Å². The summed E-state index contributed by atoms with van der Waals surface area (Å²) in [6, 6.07) is 4.27. The first-order chi connectivity index (χ1) is 11.5. The van der Waals surface area contributed by atoms with Crippen LogP contribution < -0.4 is 4.90 Å². The van der Waals surface area contributed by atoms with Crippen molar-refractivity contribution in [2.45, 2.75) is 32.7 Å². The second kappa shape index (κ2) is 6.78. The van der Waals surface area contributed by atoms with E-state index in [1.807, 2.05) is 31.9 Å². The average Bonchev–Trinajstić information content (AvgIpc) is 3.00. The highest BCUT2D eigenvalue weighted by Crippen LogP contribution is 2.24. The van der Waals surface area contributed by atoms with Gasteiger partial charge >= 0.3 is 0 Å². The number of amides is 1. The quantitative estimate of drug-likeness (QED) is 0.819. The number of carbonyl (C=O) groups excluding carboxylic acids is 1. The molecule has 6 nitrogen and oxygen atoms in total. The number of nitrogens with zero attached hydrogens (tertiary/aromatic N) is 5. The number of carbonyl (C=O) groups is 1. The predicted molar refractivity (Wildman–Crippen MR) is 92.9 cm³/mol. The van der Waals surface area contributed by atoms with Gasteiger partial charge in [-0.1, -0.05) is 0 Å². The minimum Gasteiger partial charge on any atom is -0.352 e. The molecule has 0 bridgehead atoms. The molecular formula is C18H25N5O. The van der Waals surface area contributed by atoms with E-state index in [9.17, 15) is 10.1 Å². The van der Waals surface area contributed by atoms with E-state index >= 15 is 0 Å². The number of pyridine rings is 1. The Hall–Kier alpha value is -2.13. The monoisotopic (exact) mass is 327 g/mol. The molecule has 0 radical (unpaired) electrons. The van der Waals surface area contributed by atoms with Crippen LogP contribution in [0.5, 0.6) is 0 Å². The van der Waals surface area contributed by atoms with Gasteiger partial charge in [-0.25, -0.2) is 4.98 Å². The summed E-state index contributed by atoms with van der Waals surface area (Å²) in [7, 11) is 2.03. The van der Waals surface area contributed by atoms with Gasteiger partial charge in [0.25, 0.3) is 0 Å². The maximum Gasteiger partial charge on any atom is 0.240 e. The summed E-state index contributed by atoms with van der Waals surface area (Å²) in [5.41, 5.74) is 2.54. The topological polar surface area (TPSA) is 63.5 Å². The van der Waals surface area contributed by atoms with E-state index in [1.54, 1.807) is 0 Å². The lowest BCUT2D eigenvalue weighted by Gasteiger charge is -2.37. The van der Waals surface area contributed by atoms with Crippen molar-refractivity contribution in [3.63, 3.8) is 0 Å². The second-order valence-corrected chi connectivity index (χ2v) is 6.84. The molecule has 2 aliphatic heterocycles. The van der Waals surface area contributed by atoms with Gasteiger partial charge < -0.3 is 9.80 Å². The van der Waals surface area contributed by atoms with Gasteiger partial charge in [-0.15, -0.1) is 0 Å². The zero-order valence-electron chi connectivity index (χ0n) is 14.7. The van der Waals surface area contributed by atoms with E-state index < -0.39 is 0 Å². The van der Waals surface area contributed by atoms with Crippen LogP contribution in [0, 0.1) is 25.2 Å². The van der Waals surface area contributed by atoms with Crippen molar-refractivity contribution >= 4 is 11.7 Å². The highest BCUT2D eigenvalue weighted by atomic mass is 16.2. The van der Waals surface area contributed by atoms with Crippen LogP contribution in [0.1, 0.15) is 29.7 Å². The third kappa shape index (κ3) is 3.09. The fourth-order valence-corrected chi connectivity index (χ4v) is 3.76. The molecule has 1 aromatic rings. The molecule has 1 aromatic heterocycles. The zero-order chi connectivity index (χ0) is 17.3. The predicted octanol–water partition coefficient (Wildman–Crippen LogP) is 1.31. The fourth-order valence-electron chi connectivity index (χ4n) is 3.76. The number of hydrogen-bond acceptors (Lipinski definition) is 5. The molecule has 0 saturated carbocycles. The minimum absolute atomic E-state index is 0.0468. The number of piperazine rings is 1. The smallest absolute Gasteiger partial charge is 0.240 e. The maximum atomic E-state index is 12.7. The first kappa shape index (κ1) is 16.7. The summed E-state index contributed by atoms with van der Waals surface area (Å²) in [4.78, 5) is 23.5. The van der Waals surface area contributed by atoms with Crippen molar-refractivity contribution in [1.82, 2.24) is 14.8 Å². The minimum atomic E-state index is 0.0468. The Morgan fingerprint density at radius 1 is 1.25 bits per heavy atom. The molecule has 3 heterocycles. The Bertz CT molecular complexity index is 673. The third-order valence-electron chi connectivity index (χ3n) is 5.13. The molecule has 1 amide bonds. The number of aryl methyl sites for hydroxylation is 2. The number of likely N-dealkylation sites (tertiary alicyclic amines) is 1. The second-order valence-electron chi connectivity index (χ2n) is 6.84. The van der Waals surface area contributed by atoms with Gasteiger partial charge in [-0.05, 0) is 51.9 Å². The van der Waals surface area contributed by atoms with E-state index in [-0.39, 0.29) is 11.9 Å². The van der Waals surface area contributed by atoms with Gasteiger partial charge in [0.15, 0.2) is 0 Å². The summed E-state index contributed by atoms with van der Waals surface area (Å²) in [5, 5.41) is 9.45. The molecule has 6 heteroatoms. The SMILES string of the molecule is Cc1cc(C)c(C#N)c(N2CCN(C(=O)[C@@H]3CCCN3C)CC2)n1. The highest BCUT2D eigenvalue weighted by Gasteiger charge is 2.33. The van der Waals surface area contributed by atoms with E-state index in [0.29, 0.717) is 18.7 Å². The largest absolute Gasteiger partial charge is 0.352 e. The summed E-state index contributed by atoms with van der Waals surface area (Å²) in [6.07, 6.45) is 2.07. The van der Waals surface area contributed by atoms with Crippen LogP contribution in [0.4, 0.5) is 5.82 Å². The summed E-state index contributed by atoms with van der Waals surface area (Å²) in [5.74, 6) is 1.02. The number of nitriles is 1. The number of hydrogen-bond donors (Lipinski definition) is 0. The molecule has 2 fully saturated rings. The zero-order valence-corrected chi connectivity index (χ0v) is 14.7. The molecule has 128 valence electrons. The first-order valence-electron chi connectivity index (χ1n) is 8.63. The van der Waals surface area contributed by atoms with Crippen LogP contribution in [-0.4, -0.2) is 66.5 Å². The first-order valence-corrected chi connectivity index (χ1v) is 8.63. The average molecular weight is 327 g/mol. The normalized spacial score (nSPS) is 21.8. The van der Waals surface area contributed by atoms with Crippen molar-refractivity contribution in [2.24, 2.45) is 0 Å². The summed E-state index contributed by atoms with van der Waals surface area (Å²) >= 11 is 0. The molecule has 24 heavy (non-hydrogen) atoms. The fraction of sp³-hybridized carbons (Fsp3) is 0.611. The number of rotatable bonds is 2. The molecule has 0 aliphatic carbocycles. The molecule has 3 rings (SSSR count). The Morgan fingerprint density at radius 2 is 1.96 bits per heavy atom. The van der Waals surface area contributed by atoms with Crippen molar-refractivity contribution in [2.75, 3.05) is 44.7 Å². The van der Waals surface area contributed by atoms with Crippen LogP contribution in [0.2, 0.25) is 0 Å². The van der Waals surface area contributed by atoms with Gasteiger partial charge in [-0.3, -0.25) is 9.69 Å². The van der Waals surface area contributed by atoms with Crippen LogP contribution in [0.3, 0.4) is 0 Å². The van der Waals surface area contributed by atoms with Gasteiger partial charge in [0.05, 0.1) is 11.6 Å². The van der Waals surface area contributed by atoms with Crippen molar-refractivity contribution in [1.29, 1.82) is 5.26 Å². The van der Waals surface area contributed by atoms with Crippen LogP contribution in [0.25, 0.3) is 0 Å². The van der Waals surface area contributed by atoms with E-state index in [0.717, 1.165) is 49.6 Å². The Balaban J connectivity index is 1.70. The molecule has 2 saturated heterocycles. The lowest BCUT2D eigenvalue weighted by Crippen LogP contribution is -2.53.